The number of carboxylic acids is 1. The molecule has 8 heteroatoms. The van der Waals surface area contributed by atoms with Crippen LogP contribution in [0.1, 0.15) is 5.56 Å². The molecule has 0 saturated carbocycles. The molecule has 1 aliphatic heterocycles. The Kier molecular flexibility index (Phi) is 5.02. The van der Waals surface area contributed by atoms with E-state index < -0.39 is 27.9 Å². The van der Waals surface area contributed by atoms with Crippen molar-refractivity contribution >= 4 is 21.8 Å². The van der Waals surface area contributed by atoms with Gasteiger partial charge < -0.3 is 15.3 Å². The van der Waals surface area contributed by atoms with Crippen LogP contribution in [0.4, 0.5) is 4.79 Å². The molecule has 2 N–H and O–H groups in total. The zero-order valence-electron chi connectivity index (χ0n) is 11.9. The van der Waals surface area contributed by atoms with Crippen LogP contribution in [0.25, 0.3) is 0 Å². The van der Waals surface area contributed by atoms with E-state index in [2.05, 4.69) is 5.32 Å². The molecule has 120 valence electrons. The summed E-state index contributed by atoms with van der Waals surface area (Å²) >= 11 is 0. The molecule has 0 bridgehead atoms. The van der Waals surface area contributed by atoms with Gasteiger partial charge in [-0.25, -0.2) is 18.0 Å². The fraction of sp³-hybridized carbons (Fsp3) is 0.429. The van der Waals surface area contributed by atoms with Crippen LogP contribution in [-0.4, -0.2) is 61.1 Å². The van der Waals surface area contributed by atoms with Crippen molar-refractivity contribution < 1.29 is 23.1 Å². The zero-order chi connectivity index (χ0) is 16.2. The Hall–Kier alpha value is -2.09. The van der Waals surface area contributed by atoms with Crippen LogP contribution in [0, 0.1) is 0 Å². The first kappa shape index (κ1) is 16.3. The fourth-order valence-corrected chi connectivity index (χ4v) is 3.41. The van der Waals surface area contributed by atoms with Crippen LogP contribution >= 0.6 is 0 Å². The van der Waals surface area contributed by atoms with Gasteiger partial charge in [0.25, 0.3) is 0 Å². The molecule has 2 amide bonds. The van der Waals surface area contributed by atoms with Gasteiger partial charge in [0.05, 0.1) is 11.5 Å². The molecule has 0 aliphatic carbocycles. The molecule has 0 spiro atoms. The molecule has 1 heterocycles. The summed E-state index contributed by atoms with van der Waals surface area (Å²) in [5.74, 6) is -1.30. The van der Waals surface area contributed by atoms with E-state index in [0.717, 1.165) is 5.56 Å². The number of carbonyl (C=O) groups excluding carboxylic acids is 1. The van der Waals surface area contributed by atoms with Gasteiger partial charge >= 0.3 is 12.0 Å². The Labute approximate surface area is 128 Å². The van der Waals surface area contributed by atoms with Gasteiger partial charge in [0, 0.05) is 19.5 Å². The Morgan fingerprint density at radius 1 is 1.18 bits per heavy atom. The number of nitrogens with one attached hydrogen (secondary N) is 1. The molecule has 7 nitrogen and oxygen atoms in total. The van der Waals surface area contributed by atoms with Crippen molar-refractivity contribution in [2.75, 3.05) is 24.6 Å². The number of carbonyl (C=O) groups is 2. The number of hydrogen-bond acceptors (Lipinski definition) is 4. The Morgan fingerprint density at radius 3 is 2.32 bits per heavy atom. The summed E-state index contributed by atoms with van der Waals surface area (Å²) in [4.78, 5) is 24.7. The lowest BCUT2D eigenvalue weighted by Crippen LogP contribution is -2.52. The van der Waals surface area contributed by atoms with E-state index in [4.69, 9.17) is 0 Å². The summed E-state index contributed by atoms with van der Waals surface area (Å²) in [5, 5.41) is 11.7. The van der Waals surface area contributed by atoms with Crippen LogP contribution < -0.4 is 5.32 Å². The lowest BCUT2D eigenvalue weighted by atomic mass is 10.1. The van der Waals surface area contributed by atoms with Crippen LogP contribution in [0.15, 0.2) is 30.3 Å². The molecule has 1 atom stereocenters. The van der Waals surface area contributed by atoms with Gasteiger partial charge in [-0.2, -0.15) is 0 Å². The minimum absolute atomic E-state index is 0.0865. The third-order valence-corrected chi connectivity index (χ3v) is 5.12. The predicted molar refractivity (Wildman–Crippen MR) is 80.3 cm³/mol. The van der Waals surface area contributed by atoms with Crippen LogP contribution in [0.5, 0.6) is 0 Å². The highest BCUT2D eigenvalue weighted by Crippen LogP contribution is 2.07. The van der Waals surface area contributed by atoms with E-state index >= 15 is 0 Å². The van der Waals surface area contributed by atoms with Crippen molar-refractivity contribution in [1.82, 2.24) is 10.2 Å². The largest absolute Gasteiger partial charge is 0.480 e. The third-order valence-electron chi connectivity index (χ3n) is 3.51. The first-order valence-electron chi connectivity index (χ1n) is 6.90. The second kappa shape index (κ2) is 6.78. The molecular formula is C14H18N2O5S. The number of aliphatic carboxylic acids is 1. The third kappa shape index (κ3) is 4.45. The highest BCUT2D eigenvalue weighted by Gasteiger charge is 2.28. The second-order valence-electron chi connectivity index (χ2n) is 5.17. The second-order valence-corrected chi connectivity index (χ2v) is 7.47. The van der Waals surface area contributed by atoms with E-state index in [9.17, 15) is 23.1 Å². The first-order chi connectivity index (χ1) is 10.4. The van der Waals surface area contributed by atoms with Crippen molar-refractivity contribution in [3.05, 3.63) is 35.9 Å². The molecule has 2 rings (SSSR count). The number of benzene rings is 1. The molecule has 22 heavy (non-hydrogen) atoms. The number of nitrogens with zero attached hydrogens (tertiary/aromatic N) is 1. The quantitative estimate of drug-likeness (QED) is 0.818. The maximum Gasteiger partial charge on any atom is 0.326 e. The molecule has 1 saturated heterocycles. The average molecular weight is 326 g/mol. The Morgan fingerprint density at radius 2 is 1.77 bits per heavy atom. The minimum atomic E-state index is -3.08. The molecule has 1 fully saturated rings. The minimum Gasteiger partial charge on any atom is -0.480 e. The summed E-state index contributed by atoms with van der Waals surface area (Å²) in [5.41, 5.74) is 0.802. The van der Waals surface area contributed by atoms with E-state index in [1.54, 1.807) is 24.3 Å². The molecule has 1 aromatic rings. The van der Waals surface area contributed by atoms with Gasteiger partial charge in [-0.3, -0.25) is 0 Å². The van der Waals surface area contributed by atoms with Gasteiger partial charge in [-0.1, -0.05) is 30.3 Å². The number of hydrogen-bond donors (Lipinski definition) is 2. The van der Waals surface area contributed by atoms with Gasteiger partial charge in [0.2, 0.25) is 0 Å². The first-order valence-corrected chi connectivity index (χ1v) is 8.72. The van der Waals surface area contributed by atoms with E-state index in [1.165, 1.54) is 4.90 Å². The van der Waals surface area contributed by atoms with Crippen molar-refractivity contribution in [3.8, 4) is 0 Å². The van der Waals surface area contributed by atoms with E-state index in [1.807, 2.05) is 6.07 Å². The van der Waals surface area contributed by atoms with Crippen molar-refractivity contribution in [3.63, 3.8) is 0 Å². The molecule has 0 aromatic heterocycles. The van der Waals surface area contributed by atoms with Gasteiger partial charge in [-0.15, -0.1) is 0 Å². The average Bonchev–Trinajstić information content (AvgIpc) is 2.47. The number of rotatable bonds is 4. The summed E-state index contributed by atoms with van der Waals surface area (Å²) in [7, 11) is -3.08. The molecule has 0 unspecified atom stereocenters. The highest BCUT2D eigenvalue weighted by atomic mass is 32.2. The summed E-state index contributed by atoms with van der Waals surface area (Å²) in [6.45, 7) is 0.178. The lowest BCUT2D eigenvalue weighted by Gasteiger charge is -2.28. The smallest absolute Gasteiger partial charge is 0.326 e. The van der Waals surface area contributed by atoms with E-state index in [0.29, 0.717) is 0 Å². The van der Waals surface area contributed by atoms with Gasteiger partial charge in [0.15, 0.2) is 9.84 Å². The van der Waals surface area contributed by atoms with Crippen LogP contribution in [0.3, 0.4) is 0 Å². The maximum absolute atomic E-state index is 12.1. The highest BCUT2D eigenvalue weighted by molar-refractivity contribution is 7.91. The number of amides is 2. The predicted octanol–water partition coefficient (Wildman–Crippen LogP) is 0.122. The SMILES string of the molecule is O=C(O)[C@@H](Cc1ccccc1)NC(=O)N1CCS(=O)(=O)CC1. The van der Waals surface area contributed by atoms with E-state index in [-0.39, 0.29) is 31.0 Å². The van der Waals surface area contributed by atoms with Crippen LogP contribution in [0.2, 0.25) is 0 Å². The number of carboxylic acid groups (broad SMARTS) is 1. The molecule has 1 aliphatic rings. The Bertz CT molecular complexity index is 630. The van der Waals surface area contributed by atoms with Crippen LogP contribution in [-0.2, 0) is 21.1 Å². The molecular weight excluding hydrogens is 308 g/mol. The number of urea groups is 1. The molecule has 1 aromatic carbocycles. The number of sulfone groups is 1. The maximum atomic E-state index is 12.1. The lowest BCUT2D eigenvalue weighted by molar-refractivity contribution is -0.139. The Balaban J connectivity index is 1.96. The fourth-order valence-electron chi connectivity index (χ4n) is 2.21. The summed E-state index contributed by atoms with van der Waals surface area (Å²) < 4.78 is 22.7. The van der Waals surface area contributed by atoms with Crippen molar-refractivity contribution in [1.29, 1.82) is 0 Å². The topological polar surface area (TPSA) is 104 Å². The standard InChI is InChI=1S/C14H18N2O5S/c17-13(18)12(10-11-4-2-1-3-5-11)15-14(19)16-6-8-22(20,21)9-7-16/h1-5,12H,6-10H2,(H,15,19)(H,17,18)/t12-/m1/s1. The van der Waals surface area contributed by atoms with Gasteiger partial charge in [-0.05, 0) is 5.56 Å². The summed E-state index contributed by atoms with van der Waals surface area (Å²) in [6, 6.07) is 7.40. The van der Waals surface area contributed by atoms with Gasteiger partial charge in [0.1, 0.15) is 6.04 Å². The zero-order valence-corrected chi connectivity index (χ0v) is 12.8. The monoisotopic (exact) mass is 326 g/mol. The van der Waals surface area contributed by atoms with Crippen molar-refractivity contribution in [2.45, 2.75) is 12.5 Å². The molecule has 0 radical (unpaired) electrons. The normalized spacial score (nSPS) is 18.5. The summed E-state index contributed by atoms with van der Waals surface area (Å²) in [6.07, 6.45) is 0.175. The van der Waals surface area contributed by atoms with Crippen molar-refractivity contribution in [2.24, 2.45) is 0 Å².